The number of rotatable bonds is 10. The Morgan fingerprint density at radius 1 is 1.05 bits per heavy atom. The molecule has 1 fully saturated rings. The van der Waals surface area contributed by atoms with E-state index in [-0.39, 0.29) is 41.2 Å². The van der Waals surface area contributed by atoms with Crippen LogP contribution in [0.1, 0.15) is 22.3 Å². The Kier molecular flexibility index (Phi) is 8.35. The van der Waals surface area contributed by atoms with Gasteiger partial charge in [-0.3, -0.25) is 24.5 Å². The van der Waals surface area contributed by atoms with Crippen LogP contribution in [0, 0.1) is 10.1 Å². The highest BCUT2D eigenvalue weighted by molar-refractivity contribution is 7.89. The number of anilines is 1. The summed E-state index contributed by atoms with van der Waals surface area (Å²) in [6.07, 6.45) is -0.0928. The molecule has 1 saturated heterocycles. The van der Waals surface area contributed by atoms with Crippen molar-refractivity contribution >= 4 is 39.1 Å². The molecule has 214 valence electrons. The van der Waals surface area contributed by atoms with Gasteiger partial charge in [0, 0.05) is 24.2 Å². The number of primary sulfonamides is 1. The zero-order chi connectivity index (χ0) is 29.9. The minimum Gasteiger partial charge on any atom is -0.493 e. The van der Waals surface area contributed by atoms with Crippen LogP contribution in [0.25, 0.3) is 0 Å². The summed E-state index contributed by atoms with van der Waals surface area (Å²) in [7, 11) is -1.02. The Bertz CT molecular complexity index is 1620. The number of nitro benzene ring substituents is 1. The standard InChI is InChI=1S/C27H26N4O9S/c1-39-23-11-6-17(14-24(23)40-2)12-13-29(26(33)18-4-3-5-20(15-18)31(35)36)22-16-25(32)30(27(22)34)19-7-9-21(10-8-19)41(28,37)38/h3-11,14-15,22H,12-13,16H2,1-2H3,(H2,28,37,38). The van der Waals surface area contributed by atoms with Crippen molar-refractivity contribution in [1.82, 2.24) is 4.90 Å². The molecule has 41 heavy (non-hydrogen) atoms. The van der Waals surface area contributed by atoms with Crippen LogP contribution >= 0.6 is 0 Å². The van der Waals surface area contributed by atoms with E-state index < -0.39 is 38.7 Å². The SMILES string of the molecule is COc1ccc(CCN(C(=O)c2cccc([N+](=O)[O-])c2)C2CC(=O)N(c3ccc(S(N)(=O)=O)cc3)C2=O)cc1OC. The third-order valence-electron chi connectivity index (χ3n) is 6.58. The van der Waals surface area contributed by atoms with Gasteiger partial charge in [0.2, 0.25) is 15.9 Å². The van der Waals surface area contributed by atoms with Crippen molar-refractivity contribution in [2.24, 2.45) is 5.14 Å². The summed E-state index contributed by atoms with van der Waals surface area (Å²) in [6.45, 7) is -0.0150. The van der Waals surface area contributed by atoms with E-state index in [1.54, 1.807) is 18.2 Å². The Morgan fingerprint density at radius 3 is 2.34 bits per heavy atom. The normalized spacial score (nSPS) is 15.1. The molecule has 1 aliphatic rings. The molecular weight excluding hydrogens is 556 g/mol. The van der Waals surface area contributed by atoms with Gasteiger partial charge in [-0.2, -0.15) is 0 Å². The lowest BCUT2D eigenvalue weighted by molar-refractivity contribution is -0.384. The fraction of sp³-hybridized carbons (Fsp3) is 0.222. The number of non-ortho nitro benzene ring substituents is 1. The highest BCUT2D eigenvalue weighted by Crippen LogP contribution is 2.30. The van der Waals surface area contributed by atoms with E-state index in [1.165, 1.54) is 61.6 Å². The largest absolute Gasteiger partial charge is 0.493 e. The summed E-state index contributed by atoms with van der Waals surface area (Å²) >= 11 is 0. The van der Waals surface area contributed by atoms with Crippen molar-refractivity contribution in [3.05, 3.63) is 88.0 Å². The molecule has 0 saturated carbocycles. The molecule has 13 nitrogen and oxygen atoms in total. The number of imide groups is 1. The molecule has 3 aromatic carbocycles. The molecule has 3 aromatic rings. The van der Waals surface area contributed by atoms with Crippen LogP contribution in [0.15, 0.2) is 71.6 Å². The summed E-state index contributed by atoms with van der Waals surface area (Å²) < 4.78 is 33.8. The van der Waals surface area contributed by atoms with E-state index in [2.05, 4.69) is 0 Å². The van der Waals surface area contributed by atoms with Gasteiger partial charge >= 0.3 is 0 Å². The molecule has 0 radical (unpaired) electrons. The Labute approximate surface area is 235 Å². The summed E-state index contributed by atoms with van der Waals surface area (Å²) in [5.41, 5.74) is 0.521. The van der Waals surface area contributed by atoms with Gasteiger partial charge in [-0.15, -0.1) is 0 Å². The smallest absolute Gasteiger partial charge is 0.270 e. The number of hydrogen-bond acceptors (Lipinski definition) is 9. The average Bonchev–Trinajstić information content (AvgIpc) is 3.25. The lowest BCUT2D eigenvalue weighted by Gasteiger charge is -2.28. The maximum atomic E-state index is 13.7. The number of methoxy groups -OCH3 is 2. The molecule has 2 N–H and O–H groups in total. The van der Waals surface area contributed by atoms with E-state index in [4.69, 9.17) is 14.6 Å². The maximum absolute atomic E-state index is 13.7. The van der Waals surface area contributed by atoms with Gasteiger partial charge in [-0.05, 0) is 54.4 Å². The van der Waals surface area contributed by atoms with Gasteiger partial charge in [-0.25, -0.2) is 18.5 Å². The summed E-state index contributed by atoms with van der Waals surface area (Å²) in [5, 5.41) is 16.4. The number of amides is 3. The highest BCUT2D eigenvalue weighted by Gasteiger charge is 2.44. The zero-order valence-corrected chi connectivity index (χ0v) is 22.9. The number of sulfonamides is 1. The fourth-order valence-corrected chi connectivity index (χ4v) is 5.03. The molecule has 0 aromatic heterocycles. The summed E-state index contributed by atoms with van der Waals surface area (Å²) in [4.78, 5) is 52.9. The van der Waals surface area contributed by atoms with E-state index >= 15 is 0 Å². The second kappa shape index (κ2) is 11.7. The summed E-state index contributed by atoms with van der Waals surface area (Å²) in [5.74, 6) is -1.02. The minimum absolute atomic E-state index is 0.0150. The van der Waals surface area contributed by atoms with Gasteiger partial charge in [-0.1, -0.05) is 12.1 Å². The van der Waals surface area contributed by atoms with Crippen molar-refractivity contribution in [2.45, 2.75) is 23.8 Å². The van der Waals surface area contributed by atoms with Crippen molar-refractivity contribution in [3.63, 3.8) is 0 Å². The first-order valence-electron chi connectivity index (χ1n) is 12.2. The number of benzene rings is 3. The molecule has 3 amide bonds. The molecule has 4 rings (SSSR count). The van der Waals surface area contributed by atoms with E-state index in [0.29, 0.717) is 11.5 Å². The fourth-order valence-electron chi connectivity index (χ4n) is 4.52. The molecule has 0 bridgehead atoms. The number of ether oxygens (including phenoxy) is 2. The van der Waals surface area contributed by atoms with Crippen molar-refractivity contribution in [1.29, 1.82) is 0 Å². The van der Waals surface area contributed by atoms with Gasteiger partial charge < -0.3 is 14.4 Å². The second-order valence-corrected chi connectivity index (χ2v) is 10.6. The van der Waals surface area contributed by atoms with Crippen LogP contribution < -0.4 is 19.5 Å². The van der Waals surface area contributed by atoms with E-state index in [9.17, 15) is 32.9 Å². The average molecular weight is 583 g/mol. The highest BCUT2D eigenvalue weighted by atomic mass is 32.2. The quantitative estimate of drug-likeness (QED) is 0.213. The minimum atomic E-state index is -4.00. The van der Waals surface area contributed by atoms with Crippen LogP contribution in [-0.2, 0) is 26.0 Å². The molecule has 1 heterocycles. The van der Waals surface area contributed by atoms with Crippen LogP contribution in [0.4, 0.5) is 11.4 Å². The molecule has 1 atom stereocenters. The number of carbonyl (C=O) groups is 3. The van der Waals surface area contributed by atoms with Crippen molar-refractivity contribution in [3.8, 4) is 11.5 Å². The van der Waals surface area contributed by atoms with Gasteiger partial charge in [0.1, 0.15) is 6.04 Å². The van der Waals surface area contributed by atoms with Gasteiger partial charge in [0.25, 0.3) is 17.5 Å². The molecule has 14 heteroatoms. The molecule has 0 aliphatic carbocycles. The van der Waals surface area contributed by atoms with Crippen LogP contribution in [0.2, 0.25) is 0 Å². The zero-order valence-electron chi connectivity index (χ0n) is 22.1. The topological polar surface area (TPSA) is 179 Å². The third-order valence-corrected chi connectivity index (χ3v) is 7.51. The summed E-state index contributed by atoms with van der Waals surface area (Å²) in [6, 6.07) is 13.9. The Balaban J connectivity index is 1.67. The molecular formula is C27H26N4O9S. The number of carbonyl (C=O) groups excluding carboxylic acids is 3. The van der Waals surface area contributed by atoms with Gasteiger partial charge in [0.05, 0.1) is 36.1 Å². The van der Waals surface area contributed by atoms with Crippen molar-refractivity contribution < 1.29 is 37.2 Å². The lowest BCUT2D eigenvalue weighted by atomic mass is 10.1. The number of hydrogen-bond donors (Lipinski definition) is 1. The Morgan fingerprint density at radius 2 is 1.73 bits per heavy atom. The maximum Gasteiger partial charge on any atom is 0.270 e. The third kappa shape index (κ3) is 6.18. The molecule has 0 spiro atoms. The second-order valence-electron chi connectivity index (χ2n) is 9.07. The predicted molar refractivity (Wildman–Crippen MR) is 146 cm³/mol. The lowest BCUT2D eigenvalue weighted by Crippen LogP contribution is -2.46. The number of nitro groups is 1. The van der Waals surface area contributed by atoms with Crippen LogP contribution in [0.3, 0.4) is 0 Å². The first-order valence-corrected chi connectivity index (χ1v) is 13.7. The Hall–Kier alpha value is -4.82. The monoisotopic (exact) mass is 582 g/mol. The van der Waals surface area contributed by atoms with Crippen molar-refractivity contribution in [2.75, 3.05) is 25.7 Å². The van der Waals surface area contributed by atoms with Crippen LogP contribution in [0.5, 0.6) is 11.5 Å². The van der Waals surface area contributed by atoms with Gasteiger partial charge in [0.15, 0.2) is 11.5 Å². The van der Waals surface area contributed by atoms with E-state index in [0.717, 1.165) is 16.5 Å². The molecule has 1 aliphatic heterocycles. The first-order chi connectivity index (χ1) is 19.4. The molecule has 1 unspecified atom stereocenters. The van der Waals surface area contributed by atoms with Crippen LogP contribution in [-0.4, -0.2) is 62.8 Å². The van der Waals surface area contributed by atoms with E-state index in [1.807, 2.05) is 0 Å². The first kappa shape index (κ1) is 29.2. The number of nitrogens with two attached hydrogens (primary N) is 1. The number of nitrogens with zero attached hydrogens (tertiary/aromatic N) is 3. The predicted octanol–water partition coefficient (Wildman–Crippen LogP) is 2.28.